The molecule has 1 aliphatic rings. The second-order valence-corrected chi connectivity index (χ2v) is 10.5. The van der Waals surface area contributed by atoms with E-state index >= 15 is 0 Å². The van der Waals surface area contributed by atoms with Crippen LogP contribution in [0.3, 0.4) is 0 Å². The fraction of sp³-hybridized carbons (Fsp3) is 0.286. The first kappa shape index (κ1) is 21.4. The predicted octanol–water partition coefficient (Wildman–Crippen LogP) is 5.43. The van der Waals surface area contributed by atoms with Gasteiger partial charge >= 0.3 is 6.01 Å². The number of aromatic amines is 1. The van der Waals surface area contributed by atoms with E-state index in [1.165, 1.54) is 11.3 Å². The highest BCUT2D eigenvalue weighted by Crippen LogP contribution is 2.36. The second-order valence-electron chi connectivity index (χ2n) is 7.67. The number of hydrogen-bond acceptors (Lipinski definition) is 8. The number of halogens is 2. The first-order valence-corrected chi connectivity index (χ1v) is 12.1. The molecule has 5 rings (SSSR count). The number of likely N-dealkylation sites (N-methyl/N-ethyl adjacent to an activating group) is 1. The lowest BCUT2D eigenvalue weighted by molar-refractivity contribution is 0.311. The molecule has 0 atom stereocenters. The number of H-pyrrole nitrogens is 1. The average molecular weight is 535 g/mol. The van der Waals surface area contributed by atoms with E-state index in [0.29, 0.717) is 16.6 Å². The number of nitrogens with zero attached hydrogens (tertiary/aromatic N) is 5. The van der Waals surface area contributed by atoms with E-state index in [4.69, 9.17) is 21.3 Å². The summed E-state index contributed by atoms with van der Waals surface area (Å²) in [5.74, 6) is 1.92. The molecule has 0 amide bonds. The maximum Gasteiger partial charge on any atom is 0.325 e. The zero-order chi connectivity index (χ0) is 22.2. The minimum Gasteiger partial charge on any atom is -0.423 e. The van der Waals surface area contributed by atoms with Gasteiger partial charge in [-0.3, -0.25) is 0 Å². The monoisotopic (exact) mass is 533 g/mol. The molecule has 166 valence electrons. The van der Waals surface area contributed by atoms with Crippen LogP contribution in [0.1, 0.15) is 5.69 Å². The van der Waals surface area contributed by atoms with E-state index in [1.54, 1.807) is 6.20 Å². The molecule has 0 saturated carbocycles. The number of hydrogen-bond donors (Lipinski definition) is 2. The molecular formula is C21H21BrClN7OS. The molecule has 4 heterocycles. The van der Waals surface area contributed by atoms with Gasteiger partial charge in [-0.05, 0) is 48.1 Å². The van der Waals surface area contributed by atoms with Gasteiger partial charge in [-0.15, -0.1) is 0 Å². The van der Waals surface area contributed by atoms with Crippen LogP contribution in [0.15, 0.2) is 34.2 Å². The lowest BCUT2D eigenvalue weighted by Crippen LogP contribution is -2.44. The summed E-state index contributed by atoms with van der Waals surface area (Å²) in [5, 5.41) is 5.42. The van der Waals surface area contributed by atoms with E-state index in [2.05, 4.69) is 53.0 Å². The van der Waals surface area contributed by atoms with Crippen LogP contribution in [0.25, 0.3) is 10.9 Å². The van der Waals surface area contributed by atoms with Gasteiger partial charge < -0.3 is 24.8 Å². The Kier molecular flexibility index (Phi) is 5.93. The third-order valence-corrected chi connectivity index (χ3v) is 7.05. The molecule has 0 unspecified atom stereocenters. The molecule has 2 N–H and O–H groups in total. The normalized spacial score (nSPS) is 14.8. The molecule has 0 spiro atoms. The lowest BCUT2D eigenvalue weighted by Gasteiger charge is -2.33. The molecule has 8 nitrogen and oxygen atoms in total. The summed E-state index contributed by atoms with van der Waals surface area (Å²) in [5.41, 5.74) is 2.00. The van der Waals surface area contributed by atoms with E-state index in [1.807, 2.05) is 31.2 Å². The Morgan fingerprint density at radius 1 is 1.19 bits per heavy atom. The summed E-state index contributed by atoms with van der Waals surface area (Å²) in [6.45, 7) is 5.69. The molecule has 0 aliphatic carbocycles. The molecule has 0 radical (unpaired) electrons. The Bertz CT molecular complexity index is 1270. The summed E-state index contributed by atoms with van der Waals surface area (Å²) in [7, 11) is 2.13. The van der Waals surface area contributed by atoms with E-state index < -0.39 is 0 Å². The molecular weight excluding hydrogens is 514 g/mol. The van der Waals surface area contributed by atoms with Crippen molar-refractivity contribution in [1.29, 1.82) is 0 Å². The van der Waals surface area contributed by atoms with Gasteiger partial charge in [0.25, 0.3) is 0 Å². The molecule has 1 aliphatic heterocycles. The Morgan fingerprint density at radius 2 is 2.00 bits per heavy atom. The Morgan fingerprint density at radius 3 is 2.75 bits per heavy atom. The molecule has 1 saturated heterocycles. The van der Waals surface area contributed by atoms with Gasteiger partial charge in [0.2, 0.25) is 0 Å². The van der Waals surface area contributed by atoms with Crippen molar-refractivity contribution in [2.75, 3.05) is 43.4 Å². The van der Waals surface area contributed by atoms with Crippen LogP contribution in [0, 0.1) is 6.92 Å². The largest absolute Gasteiger partial charge is 0.423 e. The lowest BCUT2D eigenvalue weighted by atomic mass is 10.2. The van der Waals surface area contributed by atoms with Crippen LogP contribution in [-0.4, -0.2) is 58.1 Å². The molecule has 3 aromatic heterocycles. The Hall–Kier alpha value is -2.40. The maximum atomic E-state index is 6.64. The van der Waals surface area contributed by atoms with Crippen molar-refractivity contribution in [1.82, 2.24) is 24.8 Å². The number of nitrogens with one attached hydrogen (secondary N) is 2. The van der Waals surface area contributed by atoms with Crippen molar-refractivity contribution in [3.8, 4) is 11.8 Å². The number of ether oxygens (including phenoxy) is 1. The van der Waals surface area contributed by atoms with E-state index in [0.717, 1.165) is 57.5 Å². The van der Waals surface area contributed by atoms with Gasteiger partial charge in [-0.25, -0.2) is 4.98 Å². The van der Waals surface area contributed by atoms with Gasteiger partial charge in [0.05, 0.1) is 15.0 Å². The average Bonchev–Trinajstić information content (AvgIpc) is 3.35. The van der Waals surface area contributed by atoms with Crippen molar-refractivity contribution in [2.24, 2.45) is 0 Å². The summed E-state index contributed by atoms with van der Waals surface area (Å²) >= 11 is 11.6. The highest BCUT2D eigenvalue weighted by atomic mass is 79.9. The number of piperazine rings is 1. The first-order valence-electron chi connectivity index (χ1n) is 10.1. The van der Waals surface area contributed by atoms with Crippen molar-refractivity contribution in [3.63, 3.8) is 0 Å². The molecule has 4 aromatic rings. The third kappa shape index (κ3) is 4.54. The Balaban J connectivity index is 1.49. The highest BCUT2D eigenvalue weighted by Gasteiger charge is 2.19. The number of fused-ring (bicyclic) bond motifs is 1. The zero-order valence-corrected chi connectivity index (χ0v) is 20.7. The fourth-order valence-corrected chi connectivity index (χ4v) is 4.98. The minimum atomic E-state index is 0.230. The summed E-state index contributed by atoms with van der Waals surface area (Å²) in [4.78, 5) is 21.4. The van der Waals surface area contributed by atoms with E-state index in [-0.39, 0.29) is 6.01 Å². The van der Waals surface area contributed by atoms with Crippen LogP contribution in [0.2, 0.25) is 5.02 Å². The van der Waals surface area contributed by atoms with Gasteiger partial charge in [0.1, 0.15) is 17.4 Å². The van der Waals surface area contributed by atoms with Gasteiger partial charge in [0, 0.05) is 48.8 Å². The van der Waals surface area contributed by atoms with Crippen molar-refractivity contribution in [3.05, 3.63) is 45.0 Å². The SMILES string of the molecule is Cc1cc2c(Cl)c(Oc3nc(Nc4ncc(Br)s4)cc(N4CCN(C)CC4)n3)ccc2[nH]1. The molecule has 32 heavy (non-hydrogen) atoms. The van der Waals surface area contributed by atoms with Crippen molar-refractivity contribution in [2.45, 2.75) is 6.92 Å². The predicted molar refractivity (Wildman–Crippen MR) is 133 cm³/mol. The molecule has 1 fully saturated rings. The summed E-state index contributed by atoms with van der Waals surface area (Å²) in [6.07, 6.45) is 1.75. The third-order valence-electron chi connectivity index (χ3n) is 5.27. The number of rotatable bonds is 5. The number of aryl methyl sites for hydroxylation is 1. The summed E-state index contributed by atoms with van der Waals surface area (Å²) < 4.78 is 7.03. The van der Waals surface area contributed by atoms with Gasteiger partial charge in [0.15, 0.2) is 5.13 Å². The molecule has 1 aromatic carbocycles. The zero-order valence-electron chi connectivity index (χ0n) is 17.5. The van der Waals surface area contributed by atoms with Crippen LogP contribution in [0.5, 0.6) is 11.8 Å². The summed E-state index contributed by atoms with van der Waals surface area (Å²) in [6, 6.07) is 7.93. The van der Waals surface area contributed by atoms with Gasteiger partial charge in [-0.2, -0.15) is 9.97 Å². The van der Waals surface area contributed by atoms with Gasteiger partial charge in [-0.1, -0.05) is 22.9 Å². The number of aromatic nitrogens is 4. The standard InChI is InChI=1S/C21H21BrClN7OS/c1-12-9-13-14(25-12)3-4-15(19(13)23)31-20-26-17(27-21-24-11-16(22)32-21)10-18(28-20)30-7-5-29(2)6-8-30/h3-4,9-11,25H,5-8H2,1-2H3,(H,24,26,27,28). The first-order chi connectivity index (χ1) is 15.4. The van der Waals surface area contributed by atoms with Crippen LogP contribution in [-0.2, 0) is 0 Å². The fourth-order valence-electron chi connectivity index (χ4n) is 3.61. The highest BCUT2D eigenvalue weighted by molar-refractivity contribution is 9.11. The number of benzene rings is 1. The Labute approximate surface area is 202 Å². The van der Waals surface area contributed by atoms with Crippen LogP contribution >= 0.6 is 38.9 Å². The molecule has 0 bridgehead atoms. The minimum absolute atomic E-state index is 0.230. The number of thiazole rings is 1. The van der Waals surface area contributed by atoms with E-state index in [9.17, 15) is 0 Å². The smallest absolute Gasteiger partial charge is 0.325 e. The van der Waals surface area contributed by atoms with Crippen molar-refractivity contribution < 1.29 is 4.74 Å². The van der Waals surface area contributed by atoms with Crippen molar-refractivity contribution >= 4 is 66.5 Å². The second kappa shape index (κ2) is 8.86. The van der Waals surface area contributed by atoms with Crippen LogP contribution < -0.4 is 15.0 Å². The quantitative estimate of drug-likeness (QED) is 0.353. The maximum absolute atomic E-state index is 6.64. The molecule has 11 heteroatoms. The topological polar surface area (TPSA) is 82.2 Å². The number of anilines is 3. The van der Waals surface area contributed by atoms with Crippen LogP contribution in [0.4, 0.5) is 16.8 Å².